The van der Waals surface area contributed by atoms with Crippen molar-refractivity contribution >= 4 is 5.78 Å². The highest BCUT2D eigenvalue weighted by atomic mass is 16.5. The summed E-state index contributed by atoms with van der Waals surface area (Å²) in [4.78, 5) is 11.7. The molecule has 0 saturated heterocycles. The molecule has 1 atom stereocenters. The zero-order valence-corrected chi connectivity index (χ0v) is 10.3. The number of ether oxygens (including phenoxy) is 1. The van der Waals surface area contributed by atoms with Crippen LogP contribution in [-0.4, -0.2) is 12.4 Å². The fourth-order valence-corrected chi connectivity index (χ4v) is 2.15. The third kappa shape index (κ3) is 4.50. The summed E-state index contributed by atoms with van der Waals surface area (Å²) in [6.07, 6.45) is 4.48. The third-order valence-corrected chi connectivity index (χ3v) is 2.47. The van der Waals surface area contributed by atoms with Crippen molar-refractivity contribution in [2.45, 2.75) is 47.0 Å². The van der Waals surface area contributed by atoms with E-state index in [1.54, 1.807) is 0 Å². The number of allylic oxidation sites excluding steroid dienone is 1. The van der Waals surface area contributed by atoms with Gasteiger partial charge in [-0.2, -0.15) is 0 Å². The lowest BCUT2D eigenvalue weighted by molar-refractivity contribution is -0.119. The molecule has 0 radical (unpaired) electrons. The maximum atomic E-state index is 11.7. The first kappa shape index (κ1) is 12.3. The van der Waals surface area contributed by atoms with Crippen LogP contribution >= 0.6 is 0 Å². The first-order valence-electron chi connectivity index (χ1n) is 5.74. The molecule has 2 nitrogen and oxygen atoms in total. The van der Waals surface area contributed by atoms with Crippen LogP contribution in [0.3, 0.4) is 0 Å². The third-order valence-electron chi connectivity index (χ3n) is 2.47. The lowest BCUT2D eigenvalue weighted by atomic mass is 9.83. The van der Waals surface area contributed by atoms with E-state index in [0.717, 1.165) is 12.8 Å². The highest BCUT2D eigenvalue weighted by molar-refractivity contribution is 5.93. The summed E-state index contributed by atoms with van der Waals surface area (Å²) in [5.74, 6) is 1.20. The van der Waals surface area contributed by atoms with Gasteiger partial charge in [0.15, 0.2) is 11.5 Å². The van der Waals surface area contributed by atoms with E-state index in [0.29, 0.717) is 30.1 Å². The molecule has 0 aromatic rings. The number of rotatable bonds is 4. The van der Waals surface area contributed by atoms with E-state index < -0.39 is 0 Å². The van der Waals surface area contributed by atoms with Gasteiger partial charge in [0.2, 0.25) is 0 Å². The molecule has 0 spiro atoms. The van der Waals surface area contributed by atoms with Crippen LogP contribution in [0, 0.1) is 11.3 Å². The smallest absolute Gasteiger partial charge is 0.197 e. The number of hydrogen-bond acceptors (Lipinski definition) is 2. The van der Waals surface area contributed by atoms with Crippen LogP contribution in [0.15, 0.2) is 11.8 Å². The van der Waals surface area contributed by atoms with Crippen molar-refractivity contribution in [3.63, 3.8) is 0 Å². The van der Waals surface area contributed by atoms with E-state index in [4.69, 9.17) is 4.74 Å². The van der Waals surface area contributed by atoms with Gasteiger partial charge < -0.3 is 4.74 Å². The van der Waals surface area contributed by atoms with Gasteiger partial charge in [-0.15, -0.1) is 0 Å². The summed E-state index contributed by atoms with van der Waals surface area (Å²) < 4.78 is 5.26. The Kier molecular flexibility index (Phi) is 3.95. The number of hydrogen-bond donors (Lipinski definition) is 0. The van der Waals surface area contributed by atoms with Crippen LogP contribution in [0.1, 0.15) is 47.0 Å². The van der Waals surface area contributed by atoms with Crippen LogP contribution in [0.5, 0.6) is 0 Å². The Hall–Kier alpha value is -0.790. The summed E-state index contributed by atoms with van der Waals surface area (Å²) in [6.45, 7) is 9.44. The Morgan fingerprint density at radius 1 is 1.53 bits per heavy atom. The van der Waals surface area contributed by atoms with Gasteiger partial charge >= 0.3 is 0 Å². The molecule has 0 aromatic heterocycles. The summed E-state index contributed by atoms with van der Waals surface area (Å²) >= 11 is 0. The van der Waals surface area contributed by atoms with Crippen LogP contribution < -0.4 is 0 Å². The van der Waals surface area contributed by atoms with Crippen molar-refractivity contribution in [1.82, 2.24) is 0 Å². The maximum absolute atomic E-state index is 11.7. The summed E-state index contributed by atoms with van der Waals surface area (Å²) in [5.41, 5.74) is 0.296. The Morgan fingerprint density at radius 2 is 2.20 bits per heavy atom. The lowest BCUT2D eigenvalue weighted by Gasteiger charge is -2.22. The molecule has 1 unspecified atom stereocenters. The highest BCUT2D eigenvalue weighted by Gasteiger charge is 2.21. The van der Waals surface area contributed by atoms with Gasteiger partial charge in [0, 0.05) is 12.8 Å². The van der Waals surface area contributed by atoms with Crippen LogP contribution in [0.2, 0.25) is 0 Å². The van der Waals surface area contributed by atoms with Gasteiger partial charge in [0.25, 0.3) is 0 Å². The second-order valence-electron chi connectivity index (χ2n) is 5.70. The first-order valence-corrected chi connectivity index (χ1v) is 5.74. The molecule has 0 N–H and O–H groups in total. The van der Waals surface area contributed by atoms with E-state index in [1.807, 2.05) is 6.08 Å². The van der Waals surface area contributed by atoms with E-state index in [1.165, 1.54) is 0 Å². The van der Waals surface area contributed by atoms with E-state index in [9.17, 15) is 4.79 Å². The van der Waals surface area contributed by atoms with Crippen molar-refractivity contribution < 1.29 is 9.53 Å². The fraction of sp³-hybridized carbons (Fsp3) is 0.769. The van der Waals surface area contributed by atoms with Crippen molar-refractivity contribution in [2.24, 2.45) is 11.3 Å². The molecule has 1 aliphatic rings. The van der Waals surface area contributed by atoms with Gasteiger partial charge in [0.1, 0.15) is 0 Å². The largest absolute Gasteiger partial charge is 0.490 e. The quantitative estimate of drug-likeness (QED) is 0.711. The molecule has 1 heterocycles. The lowest BCUT2D eigenvalue weighted by Crippen LogP contribution is -2.15. The minimum atomic E-state index is 0.171. The SMILES string of the molecule is CC(CC(=O)C1=CCCO1)CC(C)(C)C. The second kappa shape index (κ2) is 4.82. The van der Waals surface area contributed by atoms with E-state index in [2.05, 4.69) is 27.7 Å². The molecule has 0 aromatic carbocycles. The van der Waals surface area contributed by atoms with Gasteiger partial charge in [-0.05, 0) is 23.8 Å². The molecule has 86 valence electrons. The minimum Gasteiger partial charge on any atom is -0.490 e. The highest BCUT2D eigenvalue weighted by Crippen LogP contribution is 2.27. The molecule has 1 rings (SSSR count). The van der Waals surface area contributed by atoms with E-state index in [-0.39, 0.29) is 5.78 Å². The molecule has 0 fully saturated rings. The molecule has 0 amide bonds. The zero-order valence-electron chi connectivity index (χ0n) is 10.3. The first-order chi connectivity index (χ1) is 6.88. The molecular weight excluding hydrogens is 188 g/mol. The zero-order chi connectivity index (χ0) is 11.5. The van der Waals surface area contributed by atoms with Crippen LogP contribution in [0.4, 0.5) is 0 Å². The molecule has 0 aliphatic carbocycles. The number of Topliss-reactive ketones (excluding diaryl/α,β-unsaturated/α-hetero) is 1. The second-order valence-corrected chi connectivity index (χ2v) is 5.70. The molecule has 15 heavy (non-hydrogen) atoms. The topological polar surface area (TPSA) is 26.3 Å². The van der Waals surface area contributed by atoms with Crippen molar-refractivity contribution in [3.05, 3.63) is 11.8 Å². The number of carbonyl (C=O) groups is 1. The molecule has 1 aliphatic heterocycles. The molecule has 0 saturated carbocycles. The molecule has 0 bridgehead atoms. The van der Waals surface area contributed by atoms with Gasteiger partial charge in [-0.3, -0.25) is 4.79 Å². The molecule has 2 heteroatoms. The number of ketones is 1. The van der Waals surface area contributed by atoms with Gasteiger partial charge in [-0.1, -0.05) is 27.7 Å². The van der Waals surface area contributed by atoms with E-state index >= 15 is 0 Å². The fourth-order valence-electron chi connectivity index (χ4n) is 2.15. The minimum absolute atomic E-state index is 0.171. The Balaban J connectivity index is 2.37. The monoisotopic (exact) mass is 210 g/mol. The predicted molar refractivity (Wildman–Crippen MR) is 61.5 cm³/mol. The summed E-state index contributed by atoms with van der Waals surface area (Å²) in [5, 5.41) is 0. The number of carbonyl (C=O) groups excluding carboxylic acids is 1. The van der Waals surface area contributed by atoms with Gasteiger partial charge in [0.05, 0.1) is 6.61 Å². The Morgan fingerprint density at radius 3 is 2.67 bits per heavy atom. The van der Waals surface area contributed by atoms with Crippen LogP contribution in [-0.2, 0) is 9.53 Å². The predicted octanol–water partition coefficient (Wildman–Crippen LogP) is 3.32. The van der Waals surface area contributed by atoms with Crippen molar-refractivity contribution in [1.29, 1.82) is 0 Å². The van der Waals surface area contributed by atoms with Gasteiger partial charge in [-0.25, -0.2) is 0 Å². The Bertz CT molecular complexity index is 258. The molecular formula is C13H22O2. The summed E-state index contributed by atoms with van der Waals surface area (Å²) in [7, 11) is 0. The average Bonchev–Trinajstić information content (AvgIpc) is 2.50. The van der Waals surface area contributed by atoms with Crippen molar-refractivity contribution in [2.75, 3.05) is 6.61 Å². The standard InChI is InChI=1S/C13H22O2/c1-10(9-13(2,3)4)8-11(14)12-6-5-7-15-12/h6,10H,5,7-9H2,1-4H3. The Labute approximate surface area is 92.7 Å². The maximum Gasteiger partial charge on any atom is 0.197 e. The summed E-state index contributed by atoms with van der Waals surface area (Å²) in [6, 6.07) is 0. The van der Waals surface area contributed by atoms with Crippen molar-refractivity contribution in [3.8, 4) is 0 Å². The normalized spacial score (nSPS) is 18.3. The average molecular weight is 210 g/mol. The van der Waals surface area contributed by atoms with Crippen LogP contribution in [0.25, 0.3) is 0 Å².